The van der Waals surface area contributed by atoms with Gasteiger partial charge in [0.1, 0.15) is 5.75 Å². The number of ether oxygens (including phenoxy) is 1. The number of allylic oxidation sites excluding steroid dienone is 1. The van der Waals surface area contributed by atoms with Crippen LogP contribution >= 0.6 is 31.9 Å². The Kier molecular flexibility index (Phi) is 4.73. The number of halogens is 4. The molecule has 0 radical (unpaired) electrons. The van der Waals surface area contributed by atoms with Crippen molar-refractivity contribution < 1.29 is 13.5 Å². The molecule has 15 heavy (non-hydrogen) atoms. The standard InChI is InChI=1S/C10H8Br2F2O/c1-15-9-6(3-2-4-7(9)11)5-8(12)10(13)14/h2-5,10H,1H3. The first kappa shape index (κ1) is 12.6. The maximum absolute atomic E-state index is 12.3. The normalized spacial score (nSPS) is 12.0. The highest BCUT2D eigenvalue weighted by Gasteiger charge is 2.10. The van der Waals surface area contributed by atoms with E-state index < -0.39 is 6.43 Å². The summed E-state index contributed by atoms with van der Waals surface area (Å²) < 4.78 is 30.2. The molecule has 0 atom stereocenters. The number of hydrogen-bond donors (Lipinski definition) is 0. The van der Waals surface area contributed by atoms with Crippen molar-refractivity contribution in [3.8, 4) is 5.75 Å². The molecule has 0 amide bonds. The Hall–Kier alpha value is -0.420. The lowest BCUT2D eigenvalue weighted by Gasteiger charge is -2.07. The SMILES string of the molecule is COc1c(Br)cccc1C=C(Br)C(F)F. The van der Waals surface area contributed by atoms with Crippen LogP contribution in [0, 0.1) is 0 Å². The van der Waals surface area contributed by atoms with Crippen LogP contribution in [-0.2, 0) is 0 Å². The van der Waals surface area contributed by atoms with Gasteiger partial charge in [-0.1, -0.05) is 12.1 Å². The number of benzene rings is 1. The van der Waals surface area contributed by atoms with E-state index in [9.17, 15) is 8.78 Å². The fourth-order valence-electron chi connectivity index (χ4n) is 1.07. The molecule has 1 aromatic rings. The van der Waals surface area contributed by atoms with Crippen LogP contribution in [0.2, 0.25) is 0 Å². The number of methoxy groups -OCH3 is 1. The Bertz CT molecular complexity index is 378. The third kappa shape index (κ3) is 3.28. The quantitative estimate of drug-likeness (QED) is 0.788. The monoisotopic (exact) mass is 340 g/mol. The van der Waals surface area contributed by atoms with Gasteiger partial charge >= 0.3 is 0 Å². The zero-order chi connectivity index (χ0) is 11.4. The smallest absolute Gasteiger partial charge is 0.270 e. The summed E-state index contributed by atoms with van der Waals surface area (Å²) in [6.07, 6.45) is -1.18. The first-order valence-electron chi connectivity index (χ1n) is 4.04. The van der Waals surface area contributed by atoms with Gasteiger partial charge in [0.25, 0.3) is 6.43 Å². The molecule has 0 heterocycles. The van der Waals surface area contributed by atoms with E-state index >= 15 is 0 Å². The van der Waals surface area contributed by atoms with Crippen molar-refractivity contribution in [2.45, 2.75) is 6.43 Å². The summed E-state index contributed by atoms with van der Waals surface area (Å²) in [6.45, 7) is 0. The van der Waals surface area contributed by atoms with Crippen LogP contribution in [-0.4, -0.2) is 13.5 Å². The van der Waals surface area contributed by atoms with E-state index in [0.29, 0.717) is 11.3 Å². The van der Waals surface area contributed by atoms with Crippen LogP contribution < -0.4 is 4.74 Å². The number of alkyl halides is 2. The van der Waals surface area contributed by atoms with Crippen molar-refractivity contribution in [1.29, 1.82) is 0 Å². The summed E-state index contributed by atoms with van der Waals surface area (Å²) in [5, 5.41) is 0. The van der Waals surface area contributed by atoms with E-state index in [1.807, 2.05) is 0 Å². The molecule has 0 N–H and O–H groups in total. The molecule has 0 bridgehead atoms. The van der Waals surface area contributed by atoms with Gasteiger partial charge in [0, 0.05) is 5.56 Å². The second kappa shape index (κ2) is 5.61. The minimum atomic E-state index is -2.52. The lowest BCUT2D eigenvalue weighted by molar-refractivity contribution is 0.202. The van der Waals surface area contributed by atoms with Gasteiger partial charge in [-0.05, 0) is 44.0 Å². The Labute approximate surface area is 103 Å². The summed E-state index contributed by atoms with van der Waals surface area (Å²) in [5.74, 6) is 0.537. The molecule has 1 nitrogen and oxygen atoms in total. The van der Waals surface area contributed by atoms with E-state index in [4.69, 9.17) is 4.74 Å². The van der Waals surface area contributed by atoms with E-state index in [0.717, 1.165) is 4.47 Å². The molecule has 1 rings (SSSR count). The molecule has 0 aliphatic rings. The van der Waals surface area contributed by atoms with Crippen molar-refractivity contribution in [3.05, 3.63) is 32.7 Å². The fraction of sp³-hybridized carbons (Fsp3) is 0.200. The van der Waals surface area contributed by atoms with Gasteiger partial charge in [0.15, 0.2) is 0 Å². The van der Waals surface area contributed by atoms with Crippen LogP contribution in [0.3, 0.4) is 0 Å². The Morgan fingerprint density at radius 1 is 1.47 bits per heavy atom. The fourth-order valence-corrected chi connectivity index (χ4v) is 1.86. The Balaban J connectivity index is 3.15. The highest BCUT2D eigenvalue weighted by Crippen LogP contribution is 2.31. The lowest BCUT2D eigenvalue weighted by atomic mass is 10.2. The van der Waals surface area contributed by atoms with Gasteiger partial charge in [0.05, 0.1) is 16.1 Å². The molecule has 0 aliphatic carbocycles. The predicted molar refractivity (Wildman–Crippen MR) is 63.6 cm³/mol. The van der Waals surface area contributed by atoms with E-state index in [1.165, 1.54) is 13.2 Å². The van der Waals surface area contributed by atoms with Gasteiger partial charge in [-0.2, -0.15) is 0 Å². The molecule has 0 spiro atoms. The Morgan fingerprint density at radius 3 is 2.67 bits per heavy atom. The van der Waals surface area contributed by atoms with Gasteiger partial charge < -0.3 is 4.74 Å². The summed E-state index contributed by atoms with van der Waals surface area (Å²) in [4.78, 5) is 0. The second-order valence-electron chi connectivity index (χ2n) is 2.69. The summed E-state index contributed by atoms with van der Waals surface area (Å²) >= 11 is 6.08. The topological polar surface area (TPSA) is 9.23 Å². The average molecular weight is 342 g/mol. The van der Waals surface area contributed by atoms with Gasteiger partial charge in [-0.15, -0.1) is 0 Å². The molecule has 1 aromatic carbocycles. The van der Waals surface area contributed by atoms with Crippen molar-refractivity contribution >= 4 is 37.9 Å². The first-order chi connectivity index (χ1) is 7.06. The molecule has 82 valence electrons. The second-order valence-corrected chi connectivity index (χ2v) is 4.46. The average Bonchev–Trinajstić information content (AvgIpc) is 2.18. The Morgan fingerprint density at radius 2 is 2.13 bits per heavy atom. The van der Waals surface area contributed by atoms with Crippen molar-refractivity contribution in [2.75, 3.05) is 7.11 Å². The molecule has 0 saturated heterocycles. The highest BCUT2D eigenvalue weighted by molar-refractivity contribution is 9.11. The predicted octanol–water partition coefficient (Wildman–Crippen LogP) is 4.46. The van der Waals surface area contributed by atoms with Crippen molar-refractivity contribution in [1.82, 2.24) is 0 Å². The minimum absolute atomic E-state index is 0.168. The summed E-state index contributed by atoms with van der Waals surface area (Å²) in [5.41, 5.74) is 0.596. The number of para-hydroxylation sites is 1. The maximum atomic E-state index is 12.3. The van der Waals surface area contributed by atoms with Crippen molar-refractivity contribution in [2.24, 2.45) is 0 Å². The minimum Gasteiger partial charge on any atom is -0.495 e. The zero-order valence-electron chi connectivity index (χ0n) is 7.81. The highest BCUT2D eigenvalue weighted by atomic mass is 79.9. The van der Waals surface area contributed by atoms with Crippen LogP contribution in [0.5, 0.6) is 5.75 Å². The maximum Gasteiger partial charge on any atom is 0.270 e. The van der Waals surface area contributed by atoms with Crippen LogP contribution in [0.4, 0.5) is 8.78 Å². The van der Waals surface area contributed by atoms with Crippen molar-refractivity contribution in [3.63, 3.8) is 0 Å². The molecule has 0 aliphatic heterocycles. The van der Waals surface area contributed by atoms with E-state index in [2.05, 4.69) is 31.9 Å². The van der Waals surface area contributed by atoms with E-state index in [1.54, 1.807) is 18.2 Å². The summed E-state index contributed by atoms with van der Waals surface area (Å²) in [7, 11) is 1.49. The van der Waals surface area contributed by atoms with Gasteiger partial charge in [-0.25, -0.2) is 8.78 Å². The molecule has 0 saturated carbocycles. The van der Waals surface area contributed by atoms with E-state index in [-0.39, 0.29) is 4.48 Å². The van der Waals surface area contributed by atoms with Crippen LogP contribution in [0.15, 0.2) is 27.2 Å². The number of hydrogen-bond acceptors (Lipinski definition) is 1. The number of rotatable bonds is 3. The van der Waals surface area contributed by atoms with Gasteiger partial charge in [0.2, 0.25) is 0 Å². The molecule has 5 heteroatoms. The molecule has 0 unspecified atom stereocenters. The molecular formula is C10H8Br2F2O. The van der Waals surface area contributed by atoms with Crippen LogP contribution in [0.1, 0.15) is 5.56 Å². The molecule has 0 fully saturated rings. The third-order valence-corrected chi connectivity index (χ3v) is 2.90. The molecule has 0 aromatic heterocycles. The lowest BCUT2D eigenvalue weighted by Crippen LogP contribution is -1.91. The van der Waals surface area contributed by atoms with Gasteiger partial charge in [-0.3, -0.25) is 0 Å². The third-order valence-electron chi connectivity index (χ3n) is 1.70. The van der Waals surface area contributed by atoms with Crippen LogP contribution in [0.25, 0.3) is 6.08 Å². The first-order valence-corrected chi connectivity index (χ1v) is 5.62. The summed E-state index contributed by atoms with van der Waals surface area (Å²) in [6, 6.07) is 5.24. The molecular weight excluding hydrogens is 334 g/mol. The largest absolute Gasteiger partial charge is 0.495 e. The zero-order valence-corrected chi connectivity index (χ0v) is 11.0.